The number of hydrogen-bond donors (Lipinski definition) is 3. The Morgan fingerprint density at radius 2 is 2.27 bits per heavy atom. The molecule has 6 heteroatoms. The topological polar surface area (TPSA) is 66.0 Å². The Labute approximate surface area is 134 Å². The molecule has 1 aromatic carbocycles. The van der Waals surface area contributed by atoms with Crippen molar-refractivity contribution in [2.75, 3.05) is 25.0 Å². The summed E-state index contributed by atoms with van der Waals surface area (Å²) >= 11 is 1.64. The number of rotatable bonds is 5. The summed E-state index contributed by atoms with van der Waals surface area (Å²) in [6.07, 6.45) is 1.86. The molecule has 1 saturated heterocycles. The number of aromatic nitrogens is 1. The zero-order valence-corrected chi connectivity index (χ0v) is 13.6. The Morgan fingerprint density at radius 1 is 1.41 bits per heavy atom. The maximum Gasteiger partial charge on any atom is 0.223 e. The van der Waals surface area contributed by atoms with E-state index >= 15 is 0 Å². The van der Waals surface area contributed by atoms with Gasteiger partial charge in [0.05, 0.1) is 10.2 Å². The molecular formula is C16H22N4OS. The number of nitrogens with one attached hydrogen (secondary N) is 3. The first kappa shape index (κ1) is 15.2. The molecule has 0 saturated carbocycles. The van der Waals surface area contributed by atoms with Gasteiger partial charge in [-0.25, -0.2) is 4.98 Å². The predicted molar refractivity (Wildman–Crippen MR) is 91.3 cm³/mol. The van der Waals surface area contributed by atoms with Gasteiger partial charge in [-0.3, -0.25) is 4.79 Å². The molecule has 1 aliphatic rings. The van der Waals surface area contributed by atoms with Gasteiger partial charge < -0.3 is 16.0 Å². The molecule has 0 bridgehead atoms. The van der Waals surface area contributed by atoms with Crippen molar-refractivity contribution in [2.45, 2.75) is 25.8 Å². The predicted octanol–water partition coefficient (Wildman–Crippen LogP) is 2.21. The van der Waals surface area contributed by atoms with Crippen LogP contribution in [-0.4, -0.2) is 36.6 Å². The van der Waals surface area contributed by atoms with Crippen LogP contribution in [0, 0.1) is 5.92 Å². The van der Waals surface area contributed by atoms with Crippen molar-refractivity contribution < 1.29 is 4.79 Å². The zero-order valence-electron chi connectivity index (χ0n) is 12.8. The molecule has 2 heterocycles. The first-order valence-corrected chi connectivity index (χ1v) is 8.64. The van der Waals surface area contributed by atoms with Gasteiger partial charge >= 0.3 is 0 Å². The summed E-state index contributed by atoms with van der Waals surface area (Å²) < 4.78 is 1.18. The molecule has 1 aliphatic heterocycles. The number of carbonyl (C=O) groups excluding carboxylic acids is 1. The smallest absolute Gasteiger partial charge is 0.223 e. The van der Waals surface area contributed by atoms with Gasteiger partial charge in [0.25, 0.3) is 0 Å². The summed E-state index contributed by atoms with van der Waals surface area (Å²) in [5.41, 5.74) is 1.02. The molecule has 118 valence electrons. The Hall–Kier alpha value is -1.66. The van der Waals surface area contributed by atoms with Gasteiger partial charge in [0.15, 0.2) is 5.13 Å². The molecule has 0 radical (unpaired) electrons. The molecule has 1 aromatic heterocycles. The van der Waals surface area contributed by atoms with Gasteiger partial charge in [-0.2, -0.15) is 0 Å². The minimum Gasteiger partial charge on any atom is -0.360 e. The van der Waals surface area contributed by atoms with E-state index in [0.29, 0.717) is 19.1 Å². The van der Waals surface area contributed by atoms with E-state index < -0.39 is 0 Å². The van der Waals surface area contributed by atoms with Gasteiger partial charge in [0, 0.05) is 25.0 Å². The van der Waals surface area contributed by atoms with Crippen molar-refractivity contribution in [3.05, 3.63) is 24.3 Å². The van der Waals surface area contributed by atoms with Crippen LogP contribution >= 0.6 is 11.3 Å². The van der Waals surface area contributed by atoms with Crippen LogP contribution in [0.15, 0.2) is 24.3 Å². The summed E-state index contributed by atoms with van der Waals surface area (Å²) in [7, 11) is 0. The second-order valence-electron chi connectivity index (χ2n) is 5.78. The normalized spacial score (nSPS) is 21.7. The van der Waals surface area contributed by atoms with E-state index in [1.165, 1.54) is 4.70 Å². The second kappa shape index (κ2) is 7.07. The zero-order chi connectivity index (χ0) is 15.4. The van der Waals surface area contributed by atoms with Crippen molar-refractivity contribution in [1.82, 2.24) is 15.6 Å². The van der Waals surface area contributed by atoms with Gasteiger partial charge in [-0.05, 0) is 38.4 Å². The molecule has 3 rings (SSSR count). The fraction of sp³-hybridized carbons (Fsp3) is 0.500. The Morgan fingerprint density at radius 3 is 3.09 bits per heavy atom. The maximum absolute atomic E-state index is 12.1. The lowest BCUT2D eigenvalue weighted by Crippen LogP contribution is -2.43. The third-order valence-electron chi connectivity index (χ3n) is 3.99. The van der Waals surface area contributed by atoms with Crippen LogP contribution in [0.25, 0.3) is 10.2 Å². The highest BCUT2D eigenvalue weighted by atomic mass is 32.1. The number of nitrogens with zero attached hydrogens (tertiary/aromatic N) is 1. The fourth-order valence-electron chi connectivity index (χ4n) is 2.82. The summed E-state index contributed by atoms with van der Waals surface area (Å²) in [6.45, 7) is 4.40. The molecule has 0 unspecified atom stereocenters. The van der Waals surface area contributed by atoms with Crippen molar-refractivity contribution >= 4 is 32.6 Å². The van der Waals surface area contributed by atoms with Crippen molar-refractivity contribution in [3.8, 4) is 0 Å². The molecule has 1 amide bonds. The highest BCUT2D eigenvalue weighted by Crippen LogP contribution is 2.24. The number of carbonyl (C=O) groups is 1. The average molecular weight is 318 g/mol. The van der Waals surface area contributed by atoms with Crippen LogP contribution in [-0.2, 0) is 4.79 Å². The lowest BCUT2D eigenvalue weighted by Gasteiger charge is -2.27. The molecule has 5 nitrogen and oxygen atoms in total. The third kappa shape index (κ3) is 3.75. The van der Waals surface area contributed by atoms with Crippen LogP contribution in [0.4, 0.5) is 5.13 Å². The van der Waals surface area contributed by atoms with Crippen LogP contribution in [0.3, 0.4) is 0 Å². The largest absolute Gasteiger partial charge is 0.360 e. The van der Waals surface area contributed by atoms with Crippen molar-refractivity contribution in [1.29, 1.82) is 0 Å². The maximum atomic E-state index is 12.1. The Kier molecular flexibility index (Phi) is 4.90. The molecule has 2 atom stereocenters. The first-order valence-electron chi connectivity index (χ1n) is 7.83. The number of amides is 1. The standard InChI is InChI=1S/C16H22N4OS/c1-11-10-12(6-7-17-11)15(21)18-8-9-19-16-20-13-4-2-3-5-14(13)22-16/h2-5,11-12,17H,6-10H2,1H3,(H,18,21)(H,19,20)/t11-,12-/m0/s1. The molecular weight excluding hydrogens is 296 g/mol. The van der Waals surface area contributed by atoms with Crippen LogP contribution in [0.1, 0.15) is 19.8 Å². The Bertz CT molecular complexity index is 609. The van der Waals surface area contributed by atoms with Gasteiger partial charge in [-0.15, -0.1) is 0 Å². The average Bonchev–Trinajstić information content (AvgIpc) is 2.94. The number of hydrogen-bond acceptors (Lipinski definition) is 5. The minimum absolute atomic E-state index is 0.152. The number of anilines is 1. The highest BCUT2D eigenvalue weighted by molar-refractivity contribution is 7.22. The van der Waals surface area contributed by atoms with E-state index in [0.717, 1.165) is 30.0 Å². The SMILES string of the molecule is C[C@H]1C[C@@H](C(=O)NCCNc2nc3ccccc3s2)CCN1. The van der Waals surface area contributed by atoms with Crippen LogP contribution in [0.2, 0.25) is 0 Å². The van der Waals surface area contributed by atoms with E-state index in [1.54, 1.807) is 11.3 Å². The summed E-state index contributed by atoms with van der Waals surface area (Å²) in [5, 5.41) is 10.6. The fourth-order valence-corrected chi connectivity index (χ4v) is 3.71. The number of benzene rings is 1. The summed E-state index contributed by atoms with van der Waals surface area (Å²) in [4.78, 5) is 16.6. The summed E-state index contributed by atoms with van der Waals surface area (Å²) in [6, 6.07) is 8.52. The summed E-state index contributed by atoms with van der Waals surface area (Å²) in [5.74, 6) is 0.332. The quantitative estimate of drug-likeness (QED) is 0.740. The second-order valence-corrected chi connectivity index (χ2v) is 6.81. The monoisotopic (exact) mass is 318 g/mol. The molecule has 1 fully saturated rings. The van der Waals surface area contributed by atoms with Gasteiger partial charge in [0.2, 0.25) is 5.91 Å². The van der Waals surface area contributed by atoms with Gasteiger partial charge in [-0.1, -0.05) is 23.5 Å². The first-order chi connectivity index (χ1) is 10.7. The number of thiazole rings is 1. The molecule has 0 spiro atoms. The number of piperidine rings is 1. The van der Waals surface area contributed by atoms with E-state index in [1.807, 2.05) is 18.2 Å². The van der Waals surface area contributed by atoms with Crippen molar-refractivity contribution in [2.24, 2.45) is 5.92 Å². The van der Waals surface area contributed by atoms with E-state index in [4.69, 9.17) is 0 Å². The number of fused-ring (bicyclic) bond motifs is 1. The number of para-hydroxylation sites is 1. The Balaban J connectivity index is 1.42. The highest BCUT2D eigenvalue weighted by Gasteiger charge is 2.24. The van der Waals surface area contributed by atoms with Gasteiger partial charge in [0.1, 0.15) is 0 Å². The molecule has 22 heavy (non-hydrogen) atoms. The lowest BCUT2D eigenvalue weighted by atomic mass is 9.92. The lowest BCUT2D eigenvalue weighted by molar-refractivity contribution is -0.125. The van der Waals surface area contributed by atoms with E-state index in [2.05, 4.69) is 33.9 Å². The molecule has 3 N–H and O–H groups in total. The van der Waals surface area contributed by atoms with Crippen molar-refractivity contribution in [3.63, 3.8) is 0 Å². The van der Waals surface area contributed by atoms with E-state index in [-0.39, 0.29) is 11.8 Å². The van der Waals surface area contributed by atoms with E-state index in [9.17, 15) is 4.79 Å². The molecule has 0 aliphatic carbocycles. The molecule has 2 aromatic rings. The third-order valence-corrected chi connectivity index (χ3v) is 4.98. The minimum atomic E-state index is 0.152. The van der Waals surface area contributed by atoms with Crippen LogP contribution in [0.5, 0.6) is 0 Å². The van der Waals surface area contributed by atoms with Crippen LogP contribution < -0.4 is 16.0 Å².